The van der Waals surface area contributed by atoms with Crippen LogP contribution in [0.3, 0.4) is 0 Å². The van der Waals surface area contributed by atoms with Gasteiger partial charge in [0.05, 0.1) is 22.0 Å². The van der Waals surface area contributed by atoms with Gasteiger partial charge in [0, 0.05) is 0 Å². The second kappa shape index (κ2) is 1.98. The minimum Gasteiger partial charge on any atom is -0.473 e. The van der Waals surface area contributed by atoms with E-state index in [9.17, 15) is 0 Å². The van der Waals surface area contributed by atoms with Gasteiger partial charge in [0.2, 0.25) is 0 Å². The summed E-state index contributed by atoms with van der Waals surface area (Å²) in [5, 5.41) is 1.40. The van der Waals surface area contributed by atoms with Crippen molar-refractivity contribution in [2.24, 2.45) is 0 Å². The zero-order valence-electron chi connectivity index (χ0n) is 4.35. The maximum Gasteiger partial charge on any atom is 0.0901 e. The summed E-state index contributed by atoms with van der Waals surface area (Å²) in [6.07, 6.45) is 3.55. The molecule has 0 bridgehead atoms. The molecule has 7 heavy (non-hydrogen) atoms. The number of rotatable bonds is 1. The van der Waals surface area contributed by atoms with E-state index in [4.69, 9.17) is 4.42 Å². The Morgan fingerprint density at radius 1 is 1.71 bits per heavy atom. The second-order valence-electron chi connectivity index (χ2n) is 1.49. The van der Waals surface area contributed by atoms with Gasteiger partial charge in [-0.1, -0.05) is 6.55 Å². The van der Waals surface area contributed by atoms with Gasteiger partial charge in [0.1, 0.15) is 0 Å². The van der Waals surface area contributed by atoms with E-state index in [0.717, 1.165) is 0 Å². The molecule has 1 aromatic heterocycles. The normalized spacial score (nSPS) is 11.0. The predicted octanol–water partition coefficient (Wildman–Crippen LogP) is 0.122. The van der Waals surface area contributed by atoms with E-state index in [1.807, 2.05) is 12.3 Å². The summed E-state index contributed by atoms with van der Waals surface area (Å²) in [4.78, 5) is 0. The van der Waals surface area contributed by atoms with Gasteiger partial charge in [-0.2, -0.15) is 0 Å². The highest BCUT2D eigenvalue weighted by Gasteiger charge is 1.84. The van der Waals surface area contributed by atoms with E-state index in [-0.39, 0.29) is 9.52 Å². The van der Waals surface area contributed by atoms with Gasteiger partial charge in [0.25, 0.3) is 0 Å². The third-order valence-corrected chi connectivity index (χ3v) is 2.21. The molecule has 0 fully saturated rings. The fraction of sp³-hybridized carbons (Fsp3) is 0.200. The minimum atomic E-state index is 0.0397. The fourth-order valence-electron chi connectivity index (χ4n) is 0.494. The lowest BCUT2D eigenvalue weighted by molar-refractivity contribution is 0.569. The Bertz CT molecular complexity index is 123. The Hall–Kier alpha value is -0.503. The summed E-state index contributed by atoms with van der Waals surface area (Å²) in [7, 11) is 0.0397. The molecule has 1 rings (SSSR count). The van der Waals surface area contributed by atoms with Gasteiger partial charge in [-0.15, -0.1) is 0 Å². The van der Waals surface area contributed by atoms with E-state index in [0.29, 0.717) is 0 Å². The monoisotopic (exact) mass is 112 g/mol. The molecule has 2 heteroatoms. The molecule has 0 spiro atoms. The Morgan fingerprint density at radius 2 is 2.57 bits per heavy atom. The van der Waals surface area contributed by atoms with Gasteiger partial charge in [-0.05, 0) is 11.3 Å². The molecule has 0 radical (unpaired) electrons. The minimum absolute atomic E-state index is 0.0397. The summed E-state index contributed by atoms with van der Waals surface area (Å²) >= 11 is 0. The summed E-state index contributed by atoms with van der Waals surface area (Å²) < 4.78 is 4.84. The summed E-state index contributed by atoms with van der Waals surface area (Å²) in [6.45, 7) is 2.24. The molecule has 0 unspecified atom stereocenters. The third-order valence-electron chi connectivity index (χ3n) is 0.988. The van der Waals surface area contributed by atoms with E-state index in [1.165, 1.54) is 5.19 Å². The third kappa shape index (κ3) is 0.931. The highest BCUT2D eigenvalue weighted by Crippen LogP contribution is 1.78. The van der Waals surface area contributed by atoms with Crippen LogP contribution in [0.1, 0.15) is 0 Å². The largest absolute Gasteiger partial charge is 0.473 e. The number of furan rings is 1. The zero-order valence-corrected chi connectivity index (χ0v) is 5.76. The topological polar surface area (TPSA) is 13.1 Å². The van der Waals surface area contributed by atoms with Crippen molar-refractivity contribution in [2.45, 2.75) is 6.55 Å². The molecule has 1 nitrogen and oxygen atoms in total. The second-order valence-corrected chi connectivity index (χ2v) is 3.01. The first kappa shape index (κ1) is 4.65. The van der Waals surface area contributed by atoms with Crippen LogP contribution in [-0.4, -0.2) is 9.52 Å². The van der Waals surface area contributed by atoms with Crippen LogP contribution in [0.4, 0.5) is 0 Å². The number of hydrogen-bond donors (Lipinski definition) is 0. The average molecular weight is 112 g/mol. The highest BCUT2D eigenvalue weighted by atomic mass is 28.2. The molecule has 0 aromatic carbocycles. The molecule has 0 aliphatic rings. The smallest absolute Gasteiger partial charge is 0.0901 e. The van der Waals surface area contributed by atoms with Crippen molar-refractivity contribution in [1.82, 2.24) is 0 Å². The predicted molar refractivity (Wildman–Crippen MR) is 32.7 cm³/mol. The maximum absolute atomic E-state index is 4.84. The van der Waals surface area contributed by atoms with Gasteiger partial charge in [0.15, 0.2) is 0 Å². The molecule has 0 saturated heterocycles. The zero-order chi connectivity index (χ0) is 5.11. The van der Waals surface area contributed by atoms with Gasteiger partial charge in [-0.3, -0.25) is 0 Å². The first-order valence-corrected chi connectivity index (χ1v) is 4.56. The Balaban J connectivity index is 2.76. The van der Waals surface area contributed by atoms with Crippen LogP contribution >= 0.6 is 0 Å². The van der Waals surface area contributed by atoms with Gasteiger partial charge in [-0.25, -0.2) is 0 Å². The molecule has 38 valence electrons. The van der Waals surface area contributed by atoms with Gasteiger partial charge >= 0.3 is 0 Å². The Kier molecular flexibility index (Phi) is 1.31. The van der Waals surface area contributed by atoms with Crippen LogP contribution in [0.5, 0.6) is 0 Å². The van der Waals surface area contributed by atoms with Gasteiger partial charge < -0.3 is 4.42 Å². The molecule has 0 aliphatic heterocycles. The Morgan fingerprint density at radius 3 is 2.86 bits per heavy atom. The summed E-state index contributed by atoms with van der Waals surface area (Å²) in [5.74, 6) is 0. The van der Waals surface area contributed by atoms with Crippen molar-refractivity contribution < 1.29 is 4.42 Å². The lowest BCUT2D eigenvalue weighted by Gasteiger charge is -1.75. The van der Waals surface area contributed by atoms with E-state index in [2.05, 4.69) is 6.55 Å². The summed E-state index contributed by atoms with van der Waals surface area (Å²) in [6, 6.07) is 2.03. The van der Waals surface area contributed by atoms with Crippen LogP contribution in [0.15, 0.2) is 23.0 Å². The highest BCUT2D eigenvalue weighted by molar-refractivity contribution is 6.51. The van der Waals surface area contributed by atoms with Crippen molar-refractivity contribution in [3.63, 3.8) is 0 Å². The molecule has 0 amide bonds. The SMILES string of the molecule is C[SiH2]c1ccoc1. The van der Waals surface area contributed by atoms with Crippen LogP contribution in [0, 0.1) is 0 Å². The molecular formula is C5H8OSi. The van der Waals surface area contributed by atoms with Crippen molar-refractivity contribution >= 4 is 14.7 Å². The Labute approximate surface area is 45.2 Å². The van der Waals surface area contributed by atoms with E-state index < -0.39 is 0 Å². The quantitative estimate of drug-likeness (QED) is 0.470. The maximum atomic E-state index is 4.84. The molecule has 0 N–H and O–H groups in total. The molecule has 0 atom stereocenters. The number of hydrogen-bond acceptors (Lipinski definition) is 1. The average Bonchev–Trinajstić information content (AvgIpc) is 2.14. The lowest BCUT2D eigenvalue weighted by atomic mass is 10.7. The van der Waals surface area contributed by atoms with Crippen LogP contribution in [0.25, 0.3) is 0 Å². The standard InChI is InChI=1S/C5H8OSi/c1-7-5-2-3-6-4-5/h2-4H,7H2,1H3. The molecule has 0 saturated carbocycles. The first-order valence-electron chi connectivity index (χ1n) is 2.44. The van der Waals surface area contributed by atoms with Crippen molar-refractivity contribution in [1.29, 1.82) is 0 Å². The van der Waals surface area contributed by atoms with Crippen molar-refractivity contribution in [2.75, 3.05) is 0 Å². The van der Waals surface area contributed by atoms with Crippen LogP contribution in [0.2, 0.25) is 6.55 Å². The molecule has 1 aromatic rings. The first-order chi connectivity index (χ1) is 3.43. The van der Waals surface area contributed by atoms with E-state index in [1.54, 1.807) is 6.26 Å². The van der Waals surface area contributed by atoms with Crippen LogP contribution in [-0.2, 0) is 0 Å². The van der Waals surface area contributed by atoms with E-state index >= 15 is 0 Å². The van der Waals surface area contributed by atoms with Crippen LogP contribution < -0.4 is 5.19 Å². The molecular weight excluding hydrogens is 104 g/mol. The molecule has 1 heterocycles. The van der Waals surface area contributed by atoms with Crippen molar-refractivity contribution in [3.05, 3.63) is 18.6 Å². The lowest BCUT2D eigenvalue weighted by Crippen LogP contribution is -2.04. The molecule has 0 aliphatic carbocycles. The fourth-order valence-corrected chi connectivity index (χ4v) is 1.09. The summed E-state index contributed by atoms with van der Waals surface area (Å²) in [5.41, 5.74) is 0. The van der Waals surface area contributed by atoms with Crippen molar-refractivity contribution in [3.8, 4) is 0 Å².